The monoisotopic (exact) mass is 213 g/mol. The maximum absolute atomic E-state index is 9.22. The van der Waals surface area contributed by atoms with Gasteiger partial charge in [-0.3, -0.25) is 0 Å². The predicted molar refractivity (Wildman–Crippen MR) is 64.5 cm³/mol. The van der Waals surface area contributed by atoms with Crippen molar-refractivity contribution in [2.45, 2.75) is 46.5 Å². The summed E-state index contributed by atoms with van der Waals surface area (Å²) in [6.07, 6.45) is 5.13. The van der Waals surface area contributed by atoms with Crippen molar-refractivity contribution in [2.24, 2.45) is 28.9 Å². The Hall–Kier alpha value is -0.0800. The van der Waals surface area contributed by atoms with Gasteiger partial charge in [-0.15, -0.1) is 0 Å². The van der Waals surface area contributed by atoms with Crippen molar-refractivity contribution in [3.8, 4) is 0 Å². The van der Waals surface area contributed by atoms with E-state index in [1.165, 1.54) is 25.7 Å². The maximum Gasteiger partial charge on any atom is 0.0473 e. The minimum Gasteiger partial charge on any atom is -0.396 e. The SMILES string of the molecule is CC(C)(C)C1CCC(C(CN)CO)CC1. The van der Waals surface area contributed by atoms with Crippen LogP contribution in [0.4, 0.5) is 0 Å². The molecule has 1 unspecified atom stereocenters. The summed E-state index contributed by atoms with van der Waals surface area (Å²) in [5.41, 5.74) is 6.12. The third-order valence-electron chi connectivity index (χ3n) is 4.20. The maximum atomic E-state index is 9.22. The zero-order valence-electron chi connectivity index (χ0n) is 10.5. The van der Waals surface area contributed by atoms with Crippen LogP contribution in [0, 0.1) is 23.2 Å². The second-order valence-corrected chi connectivity index (χ2v) is 6.16. The Kier molecular flexibility index (Phi) is 4.60. The lowest BCUT2D eigenvalue weighted by Gasteiger charge is -2.39. The highest BCUT2D eigenvalue weighted by Crippen LogP contribution is 2.41. The highest BCUT2D eigenvalue weighted by atomic mass is 16.3. The largest absolute Gasteiger partial charge is 0.396 e. The molecule has 0 bridgehead atoms. The fourth-order valence-electron chi connectivity index (χ4n) is 2.87. The molecule has 1 aliphatic carbocycles. The van der Waals surface area contributed by atoms with Gasteiger partial charge in [0, 0.05) is 6.61 Å². The molecule has 0 aromatic heterocycles. The van der Waals surface area contributed by atoms with Crippen molar-refractivity contribution in [1.82, 2.24) is 0 Å². The van der Waals surface area contributed by atoms with Crippen LogP contribution in [0.3, 0.4) is 0 Å². The van der Waals surface area contributed by atoms with E-state index in [-0.39, 0.29) is 6.61 Å². The first kappa shape index (κ1) is 13.0. The standard InChI is InChI=1S/C13H27NO/c1-13(2,3)12-6-4-10(5-7-12)11(8-14)9-15/h10-12,15H,4-9,14H2,1-3H3. The Morgan fingerprint density at radius 1 is 1.20 bits per heavy atom. The summed E-state index contributed by atoms with van der Waals surface area (Å²) in [5, 5.41) is 9.22. The summed E-state index contributed by atoms with van der Waals surface area (Å²) < 4.78 is 0. The van der Waals surface area contributed by atoms with Crippen LogP contribution < -0.4 is 5.73 Å². The molecule has 1 saturated carbocycles. The molecule has 0 aliphatic heterocycles. The molecule has 0 radical (unpaired) electrons. The fourth-order valence-corrected chi connectivity index (χ4v) is 2.87. The van der Waals surface area contributed by atoms with E-state index >= 15 is 0 Å². The number of aliphatic hydroxyl groups excluding tert-OH is 1. The third kappa shape index (κ3) is 3.46. The first-order valence-electron chi connectivity index (χ1n) is 6.30. The minimum absolute atomic E-state index is 0.265. The predicted octanol–water partition coefficient (Wildman–Crippen LogP) is 2.41. The summed E-state index contributed by atoms with van der Waals surface area (Å²) in [6.45, 7) is 7.92. The molecule has 2 nitrogen and oxygen atoms in total. The molecule has 0 aromatic rings. The van der Waals surface area contributed by atoms with E-state index in [2.05, 4.69) is 20.8 Å². The van der Waals surface area contributed by atoms with E-state index in [9.17, 15) is 5.11 Å². The Bertz CT molecular complexity index is 173. The van der Waals surface area contributed by atoms with Crippen LogP contribution in [-0.2, 0) is 0 Å². The number of hydrogen-bond donors (Lipinski definition) is 2. The zero-order valence-corrected chi connectivity index (χ0v) is 10.5. The second-order valence-electron chi connectivity index (χ2n) is 6.16. The van der Waals surface area contributed by atoms with Gasteiger partial charge >= 0.3 is 0 Å². The van der Waals surface area contributed by atoms with Gasteiger partial charge in [0.1, 0.15) is 0 Å². The number of rotatable bonds is 3. The van der Waals surface area contributed by atoms with E-state index in [1.54, 1.807) is 0 Å². The summed E-state index contributed by atoms with van der Waals surface area (Å²) >= 11 is 0. The van der Waals surface area contributed by atoms with E-state index in [1.807, 2.05) is 0 Å². The molecular formula is C13H27NO. The zero-order chi connectivity index (χ0) is 11.5. The number of aliphatic hydroxyl groups is 1. The third-order valence-corrected chi connectivity index (χ3v) is 4.20. The lowest BCUT2D eigenvalue weighted by Crippen LogP contribution is -2.33. The van der Waals surface area contributed by atoms with E-state index in [4.69, 9.17) is 5.73 Å². The van der Waals surface area contributed by atoms with Crippen molar-refractivity contribution in [1.29, 1.82) is 0 Å². The Labute approximate surface area is 94.2 Å². The first-order chi connectivity index (χ1) is 6.99. The van der Waals surface area contributed by atoms with Crippen molar-refractivity contribution >= 4 is 0 Å². The van der Waals surface area contributed by atoms with Crippen LogP contribution in [0.15, 0.2) is 0 Å². The molecule has 1 aliphatic rings. The van der Waals surface area contributed by atoms with Gasteiger partial charge in [-0.05, 0) is 55.4 Å². The van der Waals surface area contributed by atoms with E-state index in [0.717, 1.165) is 5.92 Å². The van der Waals surface area contributed by atoms with Crippen LogP contribution in [0.2, 0.25) is 0 Å². The Balaban J connectivity index is 2.42. The van der Waals surface area contributed by atoms with Gasteiger partial charge in [0.05, 0.1) is 0 Å². The Morgan fingerprint density at radius 2 is 1.73 bits per heavy atom. The molecule has 1 rings (SSSR count). The molecule has 3 N–H and O–H groups in total. The fraction of sp³-hybridized carbons (Fsp3) is 1.00. The average Bonchev–Trinajstić information content (AvgIpc) is 2.19. The summed E-state index contributed by atoms with van der Waals surface area (Å²) in [4.78, 5) is 0. The molecule has 0 aromatic carbocycles. The van der Waals surface area contributed by atoms with Crippen molar-refractivity contribution in [3.05, 3.63) is 0 Å². The van der Waals surface area contributed by atoms with Gasteiger partial charge in [0.15, 0.2) is 0 Å². The topological polar surface area (TPSA) is 46.2 Å². The smallest absolute Gasteiger partial charge is 0.0473 e. The molecular weight excluding hydrogens is 186 g/mol. The van der Waals surface area contributed by atoms with Crippen LogP contribution in [0.5, 0.6) is 0 Å². The van der Waals surface area contributed by atoms with Gasteiger partial charge in [-0.1, -0.05) is 20.8 Å². The lowest BCUT2D eigenvalue weighted by molar-refractivity contribution is 0.0982. The number of hydrogen-bond acceptors (Lipinski definition) is 2. The van der Waals surface area contributed by atoms with Crippen molar-refractivity contribution < 1.29 is 5.11 Å². The van der Waals surface area contributed by atoms with Gasteiger partial charge in [0.2, 0.25) is 0 Å². The molecule has 0 amide bonds. The second kappa shape index (κ2) is 5.31. The molecule has 0 saturated heterocycles. The molecule has 15 heavy (non-hydrogen) atoms. The molecule has 1 fully saturated rings. The van der Waals surface area contributed by atoms with Gasteiger partial charge in [-0.25, -0.2) is 0 Å². The van der Waals surface area contributed by atoms with Gasteiger partial charge in [0.25, 0.3) is 0 Å². The highest BCUT2D eigenvalue weighted by molar-refractivity contribution is 4.83. The molecule has 1 atom stereocenters. The highest BCUT2D eigenvalue weighted by Gasteiger charge is 2.32. The minimum atomic E-state index is 0.265. The van der Waals surface area contributed by atoms with Crippen molar-refractivity contribution in [2.75, 3.05) is 13.2 Å². The molecule has 2 heteroatoms. The van der Waals surface area contributed by atoms with Crippen LogP contribution >= 0.6 is 0 Å². The first-order valence-corrected chi connectivity index (χ1v) is 6.30. The van der Waals surface area contributed by atoms with Gasteiger partial charge < -0.3 is 10.8 Å². The van der Waals surface area contributed by atoms with Crippen LogP contribution in [0.1, 0.15) is 46.5 Å². The summed E-state index contributed by atoms with van der Waals surface area (Å²) in [6, 6.07) is 0. The lowest BCUT2D eigenvalue weighted by atomic mass is 9.67. The van der Waals surface area contributed by atoms with E-state index in [0.29, 0.717) is 23.8 Å². The quantitative estimate of drug-likeness (QED) is 0.756. The average molecular weight is 213 g/mol. The van der Waals surface area contributed by atoms with Crippen LogP contribution in [-0.4, -0.2) is 18.3 Å². The Morgan fingerprint density at radius 3 is 2.07 bits per heavy atom. The van der Waals surface area contributed by atoms with Crippen molar-refractivity contribution in [3.63, 3.8) is 0 Å². The summed E-state index contributed by atoms with van der Waals surface area (Å²) in [7, 11) is 0. The molecule has 0 heterocycles. The van der Waals surface area contributed by atoms with Crippen LogP contribution in [0.25, 0.3) is 0 Å². The normalized spacial score (nSPS) is 30.2. The molecule has 90 valence electrons. The molecule has 0 spiro atoms. The van der Waals surface area contributed by atoms with E-state index < -0.39 is 0 Å². The van der Waals surface area contributed by atoms with Gasteiger partial charge in [-0.2, -0.15) is 0 Å². The number of nitrogens with two attached hydrogens (primary N) is 1. The summed E-state index contributed by atoms with van der Waals surface area (Å²) in [5.74, 6) is 1.86.